The van der Waals surface area contributed by atoms with Gasteiger partial charge in [0.05, 0.1) is 6.54 Å². The number of halogens is 1. The number of nitrogens with zero attached hydrogens (tertiary/aromatic N) is 2. The van der Waals surface area contributed by atoms with E-state index < -0.39 is 0 Å². The van der Waals surface area contributed by atoms with Crippen molar-refractivity contribution >= 4 is 41.7 Å². The summed E-state index contributed by atoms with van der Waals surface area (Å²) in [5.41, 5.74) is 0. The summed E-state index contributed by atoms with van der Waals surface area (Å²) in [4.78, 5) is 8.69. The molecule has 0 amide bonds. The number of benzene rings is 1. The summed E-state index contributed by atoms with van der Waals surface area (Å²) >= 11 is 2.00. The minimum Gasteiger partial charge on any atom is -0.357 e. The maximum atomic E-state index is 4.91. The van der Waals surface area contributed by atoms with Gasteiger partial charge in [0.2, 0.25) is 0 Å². The lowest BCUT2D eigenvalue weighted by Gasteiger charge is -2.29. The Morgan fingerprint density at radius 3 is 2.50 bits per heavy atom. The van der Waals surface area contributed by atoms with E-state index in [-0.39, 0.29) is 24.0 Å². The fourth-order valence-corrected chi connectivity index (χ4v) is 4.47. The SMILES string of the molecule is CCNC(=NCC1(Sc2ccccc2)CC1)NCC1CCN(C)CC1.I. The molecule has 1 aliphatic carbocycles. The monoisotopic (exact) mass is 488 g/mol. The zero-order chi connectivity index (χ0) is 17.5. The zero-order valence-electron chi connectivity index (χ0n) is 16.0. The predicted octanol–water partition coefficient (Wildman–Crippen LogP) is 3.83. The second-order valence-electron chi connectivity index (χ2n) is 7.42. The van der Waals surface area contributed by atoms with Crippen LogP contribution < -0.4 is 10.6 Å². The molecule has 146 valence electrons. The van der Waals surface area contributed by atoms with Crippen LogP contribution in [0.2, 0.25) is 0 Å². The van der Waals surface area contributed by atoms with Crippen molar-refractivity contribution in [2.24, 2.45) is 10.9 Å². The summed E-state index contributed by atoms with van der Waals surface area (Å²) in [6.45, 7) is 7.43. The minimum absolute atomic E-state index is 0. The topological polar surface area (TPSA) is 39.7 Å². The van der Waals surface area contributed by atoms with Gasteiger partial charge < -0.3 is 15.5 Å². The van der Waals surface area contributed by atoms with Gasteiger partial charge in [-0.05, 0) is 70.8 Å². The molecule has 4 nitrogen and oxygen atoms in total. The van der Waals surface area contributed by atoms with E-state index in [1.807, 2.05) is 11.8 Å². The summed E-state index contributed by atoms with van der Waals surface area (Å²) in [5, 5.41) is 6.99. The lowest BCUT2D eigenvalue weighted by atomic mass is 9.97. The molecule has 0 unspecified atom stereocenters. The lowest BCUT2D eigenvalue weighted by molar-refractivity contribution is 0.220. The van der Waals surface area contributed by atoms with Gasteiger partial charge in [-0.2, -0.15) is 0 Å². The molecule has 0 bridgehead atoms. The summed E-state index contributed by atoms with van der Waals surface area (Å²) in [6, 6.07) is 10.7. The quantitative estimate of drug-likeness (QED) is 0.348. The van der Waals surface area contributed by atoms with E-state index in [1.54, 1.807) is 0 Å². The van der Waals surface area contributed by atoms with Gasteiger partial charge in [0.15, 0.2) is 5.96 Å². The smallest absolute Gasteiger partial charge is 0.191 e. The van der Waals surface area contributed by atoms with E-state index in [0.717, 1.165) is 31.5 Å². The molecule has 1 aromatic carbocycles. The van der Waals surface area contributed by atoms with Crippen molar-refractivity contribution in [3.8, 4) is 0 Å². The Morgan fingerprint density at radius 2 is 1.88 bits per heavy atom. The van der Waals surface area contributed by atoms with Crippen molar-refractivity contribution in [2.45, 2.75) is 42.2 Å². The molecular formula is C20H33IN4S. The van der Waals surface area contributed by atoms with Crippen molar-refractivity contribution < 1.29 is 0 Å². The van der Waals surface area contributed by atoms with Gasteiger partial charge in [0.1, 0.15) is 0 Å². The molecule has 1 aromatic rings. The molecule has 26 heavy (non-hydrogen) atoms. The summed E-state index contributed by atoms with van der Waals surface area (Å²) in [5.74, 6) is 1.76. The third-order valence-electron chi connectivity index (χ3n) is 5.15. The van der Waals surface area contributed by atoms with Crippen LogP contribution in [-0.4, -0.2) is 55.4 Å². The van der Waals surface area contributed by atoms with Gasteiger partial charge in [-0.1, -0.05) is 18.2 Å². The Kier molecular flexibility index (Phi) is 9.03. The fraction of sp³-hybridized carbons (Fsp3) is 0.650. The second kappa shape index (κ2) is 10.8. The van der Waals surface area contributed by atoms with Crippen molar-refractivity contribution in [2.75, 3.05) is 39.8 Å². The van der Waals surface area contributed by atoms with Gasteiger partial charge in [-0.25, -0.2) is 0 Å². The Balaban J connectivity index is 0.00000243. The number of rotatable bonds is 7. The van der Waals surface area contributed by atoms with E-state index in [2.05, 4.69) is 59.8 Å². The highest BCUT2D eigenvalue weighted by atomic mass is 127. The van der Waals surface area contributed by atoms with Crippen LogP contribution in [0.5, 0.6) is 0 Å². The molecule has 2 aliphatic rings. The number of aliphatic imine (C=N–C) groups is 1. The average Bonchev–Trinajstić information content (AvgIpc) is 3.39. The van der Waals surface area contributed by atoms with Crippen LogP contribution in [0.25, 0.3) is 0 Å². The van der Waals surface area contributed by atoms with Crippen molar-refractivity contribution in [1.29, 1.82) is 0 Å². The average molecular weight is 488 g/mol. The van der Waals surface area contributed by atoms with Crippen LogP contribution in [-0.2, 0) is 0 Å². The molecule has 2 N–H and O–H groups in total. The predicted molar refractivity (Wildman–Crippen MR) is 124 cm³/mol. The largest absolute Gasteiger partial charge is 0.357 e. The van der Waals surface area contributed by atoms with Gasteiger partial charge >= 0.3 is 0 Å². The Labute approximate surface area is 180 Å². The Morgan fingerprint density at radius 1 is 1.19 bits per heavy atom. The van der Waals surface area contributed by atoms with Gasteiger partial charge in [-0.3, -0.25) is 4.99 Å². The molecule has 0 radical (unpaired) electrons. The summed E-state index contributed by atoms with van der Waals surface area (Å²) in [7, 11) is 2.22. The van der Waals surface area contributed by atoms with Crippen molar-refractivity contribution in [3.63, 3.8) is 0 Å². The standard InChI is InChI=1S/C20H32N4S.HI/c1-3-21-19(22-15-17-9-13-24(2)14-10-17)23-16-20(11-12-20)25-18-7-5-4-6-8-18;/h4-8,17H,3,9-16H2,1-2H3,(H2,21,22,23);1H. The zero-order valence-corrected chi connectivity index (χ0v) is 19.2. The first-order valence-corrected chi connectivity index (χ1v) is 10.5. The second-order valence-corrected chi connectivity index (χ2v) is 8.96. The molecule has 1 saturated heterocycles. The fourth-order valence-electron chi connectivity index (χ4n) is 3.24. The van der Waals surface area contributed by atoms with Crippen LogP contribution >= 0.6 is 35.7 Å². The first-order chi connectivity index (χ1) is 12.2. The third kappa shape index (κ3) is 6.93. The summed E-state index contributed by atoms with van der Waals surface area (Å²) in [6.07, 6.45) is 5.11. The Bertz CT molecular complexity index is 554. The number of piperidine rings is 1. The Hall–Kier alpha value is -0.470. The number of nitrogens with one attached hydrogen (secondary N) is 2. The molecule has 0 spiro atoms. The van der Waals surface area contributed by atoms with Crippen LogP contribution in [0.15, 0.2) is 40.2 Å². The molecule has 2 fully saturated rings. The van der Waals surface area contributed by atoms with Crippen molar-refractivity contribution in [1.82, 2.24) is 15.5 Å². The van der Waals surface area contributed by atoms with Crippen LogP contribution in [0, 0.1) is 5.92 Å². The highest BCUT2D eigenvalue weighted by Gasteiger charge is 2.43. The minimum atomic E-state index is 0. The number of hydrogen-bond donors (Lipinski definition) is 2. The van der Waals surface area contributed by atoms with E-state index in [0.29, 0.717) is 4.75 Å². The van der Waals surface area contributed by atoms with Crippen LogP contribution in [0.1, 0.15) is 32.6 Å². The van der Waals surface area contributed by atoms with Crippen LogP contribution in [0.3, 0.4) is 0 Å². The number of thioether (sulfide) groups is 1. The molecule has 3 rings (SSSR count). The highest BCUT2D eigenvalue weighted by molar-refractivity contribution is 14.0. The van der Waals surface area contributed by atoms with Crippen LogP contribution in [0.4, 0.5) is 0 Å². The molecule has 1 saturated carbocycles. The number of guanidine groups is 1. The normalized spacial score (nSPS) is 20.3. The van der Waals surface area contributed by atoms with E-state index in [1.165, 1.54) is 43.7 Å². The number of hydrogen-bond acceptors (Lipinski definition) is 3. The molecule has 0 aromatic heterocycles. The number of likely N-dealkylation sites (tertiary alicyclic amines) is 1. The molecule has 0 atom stereocenters. The molecular weight excluding hydrogens is 455 g/mol. The molecule has 6 heteroatoms. The van der Waals surface area contributed by atoms with Crippen molar-refractivity contribution in [3.05, 3.63) is 30.3 Å². The van der Waals surface area contributed by atoms with Gasteiger partial charge in [-0.15, -0.1) is 35.7 Å². The van der Waals surface area contributed by atoms with Gasteiger partial charge in [0, 0.05) is 22.7 Å². The van der Waals surface area contributed by atoms with Gasteiger partial charge in [0.25, 0.3) is 0 Å². The van der Waals surface area contributed by atoms with E-state index in [9.17, 15) is 0 Å². The lowest BCUT2D eigenvalue weighted by Crippen LogP contribution is -2.42. The first kappa shape index (κ1) is 21.8. The molecule has 1 heterocycles. The molecule has 1 aliphatic heterocycles. The maximum Gasteiger partial charge on any atom is 0.191 e. The van der Waals surface area contributed by atoms with E-state index >= 15 is 0 Å². The van der Waals surface area contributed by atoms with E-state index in [4.69, 9.17) is 4.99 Å². The first-order valence-electron chi connectivity index (χ1n) is 9.64. The maximum absolute atomic E-state index is 4.91. The highest BCUT2D eigenvalue weighted by Crippen LogP contribution is 2.51. The third-order valence-corrected chi connectivity index (χ3v) is 6.63. The summed E-state index contributed by atoms with van der Waals surface area (Å²) < 4.78 is 0.317.